The van der Waals surface area contributed by atoms with Crippen molar-refractivity contribution in [1.82, 2.24) is 15.0 Å². The van der Waals surface area contributed by atoms with Crippen molar-refractivity contribution < 1.29 is 0 Å². The molecule has 2 N–H and O–H groups in total. The molecule has 18 heavy (non-hydrogen) atoms. The second-order valence-electron chi connectivity index (χ2n) is 4.57. The summed E-state index contributed by atoms with van der Waals surface area (Å²) in [6.45, 7) is 2.09. The van der Waals surface area contributed by atoms with Crippen LogP contribution in [0, 0.1) is 0 Å². The fourth-order valence-corrected chi connectivity index (χ4v) is 2.24. The summed E-state index contributed by atoms with van der Waals surface area (Å²) in [7, 11) is 0. The fraction of sp³-hybridized carbons (Fsp3) is 0.385. The van der Waals surface area contributed by atoms with E-state index in [1.54, 1.807) is 0 Å². The first-order chi connectivity index (χ1) is 8.78. The van der Waals surface area contributed by atoms with Crippen LogP contribution in [0.25, 0.3) is 11.0 Å². The van der Waals surface area contributed by atoms with E-state index in [9.17, 15) is 0 Å². The molecule has 0 bridgehead atoms. The molecule has 0 radical (unpaired) electrons. The molecule has 1 heterocycles. The molecule has 1 aliphatic rings. The number of nitrogens with one attached hydrogen (secondary N) is 2. The van der Waals surface area contributed by atoms with Crippen LogP contribution < -0.4 is 10.7 Å². The van der Waals surface area contributed by atoms with Crippen LogP contribution in [0.1, 0.15) is 25.6 Å². The quantitative estimate of drug-likeness (QED) is 0.830. The monoisotopic (exact) mass is 260 g/mol. The molecule has 0 spiro atoms. The van der Waals surface area contributed by atoms with Gasteiger partial charge >= 0.3 is 0 Å². The Kier molecular flexibility index (Phi) is 2.91. The van der Waals surface area contributed by atoms with Crippen LogP contribution in [0.3, 0.4) is 0 Å². The summed E-state index contributed by atoms with van der Waals surface area (Å²) in [5, 5.41) is 3.96. The molecule has 5 heteroatoms. The largest absolute Gasteiger partial charge is 0.359 e. The number of hydrogen-bond acceptors (Lipinski definition) is 2. The summed E-state index contributed by atoms with van der Waals surface area (Å²) >= 11 is 5.32. The molecule has 0 amide bonds. The number of rotatable bonds is 3. The van der Waals surface area contributed by atoms with E-state index in [2.05, 4.69) is 22.7 Å². The van der Waals surface area contributed by atoms with E-state index in [1.165, 1.54) is 12.8 Å². The number of nitrogens with zero attached hydrogens (tertiary/aromatic N) is 2. The molecule has 0 atom stereocenters. The van der Waals surface area contributed by atoms with Gasteiger partial charge in [-0.15, -0.1) is 0 Å². The third-order valence-corrected chi connectivity index (χ3v) is 3.28. The number of thiocarbonyl (C=S) groups is 1. The number of para-hydroxylation sites is 2. The van der Waals surface area contributed by atoms with E-state index in [4.69, 9.17) is 12.2 Å². The molecule has 1 fully saturated rings. The van der Waals surface area contributed by atoms with Crippen LogP contribution in [0.2, 0.25) is 0 Å². The zero-order valence-corrected chi connectivity index (χ0v) is 11.1. The molecule has 0 saturated heterocycles. The normalized spacial score (nSPS) is 14.7. The van der Waals surface area contributed by atoms with Crippen LogP contribution in [0.15, 0.2) is 24.3 Å². The fourth-order valence-electron chi connectivity index (χ4n) is 1.98. The Morgan fingerprint density at radius 3 is 2.94 bits per heavy atom. The number of hydrogen-bond donors (Lipinski definition) is 2. The van der Waals surface area contributed by atoms with Crippen molar-refractivity contribution in [1.29, 1.82) is 0 Å². The summed E-state index contributed by atoms with van der Waals surface area (Å²) in [6, 6.07) is 8.64. The van der Waals surface area contributed by atoms with Gasteiger partial charge in [0.2, 0.25) is 0 Å². The first-order valence-electron chi connectivity index (χ1n) is 6.32. The smallest absolute Gasteiger partial charge is 0.185 e. The Hall–Kier alpha value is -1.62. The number of aromatic nitrogens is 2. The molecule has 1 aromatic heterocycles. The summed E-state index contributed by atoms with van der Waals surface area (Å²) in [5.41, 5.74) is 5.29. The molecular weight excluding hydrogens is 244 g/mol. The summed E-state index contributed by atoms with van der Waals surface area (Å²) < 4.78 is 1.98. The van der Waals surface area contributed by atoms with Crippen molar-refractivity contribution in [2.24, 2.45) is 0 Å². The maximum atomic E-state index is 5.32. The van der Waals surface area contributed by atoms with E-state index in [1.807, 2.05) is 28.9 Å². The highest BCUT2D eigenvalue weighted by molar-refractivity contribution is 7.80. The molecular formula is C13H16N4S. The minimum atomic E-state index is 0.560. The molecule has 2 aromatic rings. The van der Waals surface area contributed by atoms with Gasteiger partial charge in [-0.2, -0.15) is 0 Å². The highest BCUT2D eigenvalue weighted by Gasteiger charge is 2.22. The van der Waals surface area contributed by atoms with Crippen LogP contribution in [0.4, 0.5) is 0 Å². The van der Waals surface area contributed by atoms with Crippen molar-refractivity contribution in [3.8, 4) is 0 Å². The Labute approximate surface area is 111 Å². The number of imidazole rings is 1. The van der Waals surface area contributed by atoms with Crippen molar-refractivity contribution >= 4 is 28.4 Å². The highest BCUT2D eigenvalue weighted by atomic mass is 32.1. The highest BCUT2D eigenvalue weighted by Crippen LogP contribution is 2.19. The van der Waals surface area contributed by atoms with Gasteiger partial charge < -0.3 is 5.32 Å². The summed E-state index contributed by atoms with van der Waals surface area (Å²) in [5.74, 6) is 0.996. The van der Waals surface area contributed by atoms with E-state index in [0.717, 1.165) is 23.3 Å². The molecule has 4 nitrogen and oxygen atoms in total. The number of benzene rings is 1. The van der Waals surface area contributed by atoms with Crippen molar-refractivity contribution in [2.75, 3.05) is 5.43 Å². The van der Waals surface area contributed by atoms with Crippen molar-refractivity contribution in [3.63, 3.8) is 0 Å². The average Bonchev–Trinajstić information content (AvgIpc) is 3.11. The molecule has 1 saturated carbocycles. The van der Waals surface area contributed by atoms with Gasteiger partial charge in [0.15, 0.2) is 5.11 Å². The third-order valence-electron chi connectivity index (χ3n) is 3.07. The Morgan fingerprint density at radius 2 is 2.22 bits per heavy atom. The minimum absolute atomic E-state index is 0.560. The molecule has 1 aliphatic carbocycles. The Morgan fingerprint density at radius 1 is 1.44 bits per heavy atom. The first-order valence-corrected chi connectivity index (χ1v) is 6.72. The lowest BCUT2D eigenvalue weighted by Crippen LogP contribution is -2.35. The van der Waals surface area contributed by atoms with E-state index < -0.39 is 0 Å². The molecule has 0 unspecified atom stereocenters. The second-order valence-corrected chi connectivity index (χ2v) is 4.97. The van der Waals surface area contributed by atoms with Gasteiger partial charge in [0.25, 0.3) is 0 Å². The third kappa shape index (κ3) is 2.18. The lowest BCUT2D eigenvalue weighted by Gasteiger charge is -2.13. The standard InChI is InChI=1S/C13H16N4S/c1-2-12-15-10-5-3-4-6-11(10)17(12)16-13(18)14-9-7-8-9/h3-6,9H,2,7-8H2,1H3,(H2,14,16,18). The predicted octanol–water partition coefficient (Wildman–Crippen LogP) is 2.18. The molecule has 3 rings (SSSR count). The zero-order valence-electron chi connectivity index (χ0n) is 10.3. The maximum absolute atomic E-state index is 5.32. The van der Waals surface area contributed by atoms with Crippen LogP contribution in [0.5, 0.6) is 0 Å². The van der Waals surface area contributed by atoms with E-state index in [0.29, 0.717) is 11.2 Å². The molecule has 94 valence electrons. The number of fused-ring (bicyclic) bond motifs is 1. The van der Waals surface area contributed by atoms with Crippen LogP contribution >= 0.6 is 12.2 Å². The van der Waals surface area contributed by atoms with Gasteiger partial charge in [-0.25, -0.2) is 9.66 Å². The summed E-state index contributed by atoms with van der Waals surface area (Å²) in [4.78, 5) is 4.59. The van der Waals surface area contributed by atoms with Crippen molar-refractivity contribution in [3.05, 3.63) is 30.1 Å². The zero-order chi connectivity index (χ0) is 12.5. The Balaban J connectivity index is 1.90. The Bertz CT molecular complexity index is 586. The molecule has 0 aliphatic heterocycles. The lowest BCUT2D eigenvalue weighted by molar-refractivity contribution is 0.839. The van der Waals surface area contributed by atoms with Gasteiger partial charge in [-0.1, -0.05) is 19.1 Å². The SMILES string of the molecule is CCc1nc2ccccc2n1NC(=S)NC1CC1. The number of aryl methyl sites for hydroxylation is 1. The minimum Gasteiger partial charge on any atom is -0.359 e. The summed E-state index contributed by atoms with van der Waals surface area (Å²) in [6.07, 6.45) is 3.30. The maximum Gasteiger partial charge on any atom is 0.185 e. The van der Waals surface area contributed by atoms with E-state index >= 15 is 0 Å². The van der Waals surface area contributed by atoms with Crippen molar-refractivity contribution in [2.45, 2.75) is 32.2 Å². The van der Waals surface area contributed by atoms with E-state index in [-0.39, 0.29) is 0 Å². The second kappa shape index (κ2) is 4.57. The predicted molar refractivity (Wildman–Crippen MR) is 77.2 cm³/mol. The topological polar surface area (TPSA) is 41.9 Å². The molecule has 1 aromatic carbocycles. The van der Waals surface area contributed by atoms with Gasteiger partial charge in [-0.3, -0.25) is 5.43 Å². The van der Waals surface area contributed by atoms with Gasteiger partial charge in [-0.05, 0) is 37.2 Å². The van der Waals surface area contributed by atoms with Gasteiger partial charge in [0.05, 0.1) is 11.0 Å². The lowest BCUT2D eigenvalue weighted by atomic mass is 10.3. The first kappa shape index (κ1) is 11.5. The van der Waals surface area contributed by atoms with Gasteiger partial charge in [0, 0.05) is 12.5 Å². The van der Waals surface area contributed by atoms with Crippen LogP contribution in [-0.2, 0) is 6.42 Å². The van der Waals surface area contributed by atoms with Gasteiger partial charge in [0.1, 0.15) is 5.82 Å². The van der Waals surface area contributed by atoms with Crippen LogP contribution in [-0.4, -0.2) is 20.8 Å². The average molecular weight is 260 g/mol.